The summed E-state index contributed by atoms with van der Waals surface area (Å²) in [6, 6.07) is 21.3. The van der Waals surface area contributed by atoms with E-state index in [0.29, 0.717) is 5.92 Å². The number of rotatable bonds is 3. The first-order valence-corrected chi connectivity index (χ1v) is 7.97. The van der Waals surface area contributed by atoms with Gasteiger partial charge in [-0.3, -0.25) is 4.90 Å². The Morgan fingerprint density at radius 2 is 1.90 bits per heavy atom. The van der Waals surface area contributed by atoms with Gasteiger partial charge < -0.3 is 0 Å². The van der Waals surface area contributed by atoms with Gasteiger partial charge in [0.15, 0.2) is 0 Å². The van der Waals surface area contributed by atoms with Crippen molar-refractivity contribution in [1.29, 1.82) is 5.26 Å². The summed E-state index contributed by atoms with van der Waals surface area (Å²) in [4.78, 5) is 2.38. The zero-order valence-electron chi connectivity index (χ0n) is 11.7. The van der Waals surface area contributed by atoms with E-state index in [1.165, 1.54) is 11.1 Å². The molecule has 0 aromatic heterocycles. The van der Waals surface area contributed by atoms with Crippen LogP contribution in [0, 0.1) is 17.2 Å². The maximum absolute atomic E-state index is 9.46. The molecule has 0 bridgehead atoms. The third-order valence-electron chi connectivity index (χ3n) is 4.09. The first-order valence-electron chi connectivity index (χ1n) is 7.17. The largest absolute Gasteiger partial charge is 0.297 e. The van der Waals surface area contributed by atoms with Gasteiger partial charge in [-0.25, -0.2) is 0 Å². The molecule has 2 nitrogen and oxygen atoms in total. The van der Waals surface area contributed by atoms with E-state index in [2.05, 4.69) is 63.3 Å². The van der Waals surface area contributed by atoms with Crippen LogP contribution in [0.3, 0.4) is 0 Å². The molecule has 0 amide bonds. The van der Waals surface area contributed by atoms with Crippen molar-refractivity contribution in [3.8, 4) is 6.07 Å². The molecule has 2 atom stereocenters. The molecule has 0 radical (unpaired) electrons. The van der Waals surface area contributed by atoms with Gasteiger partial charge in [-0.05, 0) is 23.3 Å². The van der Waals surface area contributed by atoms with E-state index >= 15 is 0 Å². The minimum Gasteiger partial charge on any atom is -0.297 e. The van der Waals surface area contributed by atoms with Crippen LogP contribution in [-0.2, 0) is 6.54 Å². The molecule has 3 rings (SSSR count). The van der Waals surface area contributed by atoms with E-state index in [1.54, 1.807) is 0 Å². The highest BCUT2D eigenvalue weighted by Crippen LogP contribution is 2.34. The molecule has 2 aromatic rings. The van der Waals surface area contributed by atoms with E-state index in [4.69, 9.17) is 0 Å². The van der Waals surface area contributed by atoms with Crippen LogP contribution in [0.4, 0.5) is 0 Å². The van der Waals surface area contributed by atoms with Gasteiger partial charge in [-0.15, -0.1) is 0 Å². The number of halogens is 1. The van der Waals surface area contributed by atoms with Gasteiger partial charge in [0, 0.05) is 30.0 Å². The van der Waals surface area contributed by atoms with Gasteiger partial charge in [0.05, 0.1) is 12.0 Å². The van der Waals surface area contributed by atoms with Crippen LogP contribution >= 0.6 is 15.9 Å². The van der Waals surface area contributed by atoms with Crippen LogP contribution in [-0.4, -0.2) is 18.0 Å². The Bertz CT molecular complexity index is 648. The van der Waals surface area contributed by atoms with Gasteiger partial charge in [-0.1, -0.05) is 58.4 Å². The molecule has 1 saturated heterocycles. The Hall–Kier alpha value is -1.63. The Labute approximate surface area is 134 Å². The highest BCUT2D eigenvalue weighted by Gasteiger charge is 2.33. The van der Waals surface area contributed by atoms with Crippen LogP contribution in [0.5, 0.6) is 0 Å². The van der Waals surface area contributed by atoms with Crippen LogP contribution < -0.4 is 0 Å². The molecule has 1 aliphatic heterocycles. The third kappa shape index (κ3) is 3.34. The Balaban J connectivity index is 1.76. The SMILES string of the molecule is N#CC1CN(Cc2ccccc2)CC1c1cccc(Br)c1. The van der Waals surface area contributed by atoms with Gasteiger partial charge >= 0.3 is 0 Å². The van der Waals surface area contributed by atoms with Crippen LogP contribution in [0.15, 0.2) is 59.1 Å². The highest BCUT2D eigenvalue weighted by atomic mass is 79.9. The molecule has 0 N–H and O–H groups in total. The monoisotopic (exact) mass is 340 g/mol. The molecular formula is C18H17BrN2. The lowest BCUT2D eigenvalue weighted by Crippen LogP contribution is -2.20. The van der Waals surface area contributed by atoms with Crippen LogP contribution in [0.25, 0.3) is 0 Å². The number of nitriles is 1. The zero-order valence-corrected chi connectivity index (χ0v) is 13.3. The number of hydrogen-bond donors (Lipinski definition) is 0. The lowest BCUT2D eigenvalue weighted by atomic mass is 9.90. The maximum Gasteiger partial charge on any atom is 0.0676 e. The van der Waals surface area contributed by atoms with Crippen molar-refractivity contribution in [2.75, 3.05) is 13.1 Å². The fourth-order valence-corrected chi connectivity index (χ4v) is 3.48. The van der Waals surface area contributed by atoms with Gasteiger partial charge in [0.2, 0.25) is 0 Å². The molecule has 1 fully saturated rings. The highest BCUT2D eigenvalue weighted by molar-refractivity contribution is 9.10. The number of hydrogen-bond acceptors (Lipinski definition) is 2. The topological polar surface area (TPSA) is 27.0 Å². The van der Waals surface area contributed by atoms with Crippen LogP contribution in [0.2, 0.25) is 0 Å². The second kappa shape index (κ2) is 6.43. The van der Waals surface area contributed by atoms with Gasteiger partial charge in [0.1, 0.15) is 0 Å². The minimum atomic E-state index is 0.0722. The molecule has 0 saturated carbocycles. The second-order valence-electron chi connectivity index (χ2n) is 5.58. The van der Waals surface area contributed by atoms with Crippen molar-refractivity contribution in [3.63, 3.8) is 0 Å². The normalized spacial score (nSPS) is 22.1. The van der Waals surface area contributed by atoms with Gasteiger partial charge in [0.25, 0.3) is 0 Å². The summed E-state index contributed by atoms with van der Waals surface area (Å²) in [5.41, 5.74) is 2.57. The Morgan fingerprint density at radius 1 is 1.10 bits per heavy atom. The molecule has 0 spiro atoms. The molecule has 2 unspecified atom stereocenters. The molecule has 0 aliphatic carbocycles. The average Bonchev–Trinajstić information content (AvgIpc) is 2.91. The fraction of sp³-hybridized carbons (Fsp3) is 0.278. The van der Waals surface area contributed by atoms with Crippen molar-refractivity contribution in [1.82, 2.24) is 4.90 Å². The number of nitrogens with zero attached hydrogens (tertiary/aromatic N) is 2. The average molecular weight is 341 g/mol. The summed E-state index contributed by atoms with van der Waals surface area (Å²) in [5.74, 6) is 0.374. The fourth-order valence-electron chi connectivity index (χ4n) is 3.06. The summed E-state index contributed by atoms with van der Waals surface area (Å²) in [6.45, 7) is 2.72. The molecule has 106 valence electrons. The molecular weight excluding hydrogens is 324 g/mol. The lowest BCUT2D eigenvalue weighted by Gasteiger charge is -2.16. The van der Waals surface area contributed by atoms with Crippen molar-refractivity contribution >= 4 is 15.9 Å². The summed E-state index contributed by atoms with van der Waals surface area (Å²) in [6.07, 6.45) is 0. The molecule has 2 aromatic carbocycles. The standard InChI is InChI=1S/C18H17BrN2/c19-17-8-4-7-15(9-17)18-13-21(12-16(18)10-20)11-14-5-2-1-3-6-14/h1-9,16,18H,11-13H2. The predicted molar refractivity (Wildman–Crippen MR) is 87.7 cm³/mol. The zero-order chi connectivity index (χ0) is 14.7. The van der Waals surface area contributed by atoms with E-state index < -0.39 is 0 Å². The van der Waals surface area contributed by atoms with Crippen molar-refractivity contribution in [3.05, 3.63) is 70.2 Å². The van der Waals surface area contributed by atoms with E-state index in [0.717, 1.165) is 24.1 Å². The maximum atomic E-state index is 9.46. The van der Waals surface area contributed by atoms with E-state index in [9.17, 15) is 5.26 Å². The van der Waals surface area contributed by atoms with Gasteiger partial charge in [-0.2, -0.15) is 5.26 Å². The third-order valence-corrected chi connectivity index (χ3v) is 4.58. The number of likely N-dealkylation sites (tertiary alicyclic amines) is 1. The molecule has 1 heterocycles. The predicted octanol–water partition coefficient (Wildman–Crippen LogP) is 4.19. The smallest absolute Gasteiger partial charge is 0.0676 e. The number of benzene rings is 2. The Kier molecular flexibility index (Phi) is 4.38. The van der Waals surface area contributed by atoms with E-state index in [-0.39, 0.29) is 5.92 Å². The quantitative estimate of drug-likeness (QED) is 0.837. The van der Waals surface area contributed by atoms with Crippen molar-refractivity contribution in [2.45, 2.75) is 12.5 Å². The van der Waals surface area contributed by atoms with E-state index in [1.807, 2.05) is 18.2 Å². The molecule has 3 heteroatoms. The molecule has 1 aliphatic rings. The lowest BCUT2D eigenvalue weighted by molar-refractivity contribution is 0.322. The first kappa shape index (κ1) is 14.3. The van der Waals surface area contributed by atoms with Crippen molar-refractivity contribution in [2.24, 2.45) is 5.92 Å². The summed E-state index contributed by atoms with van der Waals surface area (Å²) >= 11 is 3.52. The Morgan fingerprint density at radius 3 is 2.62 bits per heavy atom. The first-order chi connectivity index (χ1) is 10.3. The van der Waals surface area contributed by atoms with Crippen molar-refractivity contribution < 1.29 is 0 Å². The second-order valence-corrected chi connectivity index (χ2v) is 6.49. The van der Waals surface area contributed by atoms with Crippen LogP contribution in [0.1, 0.15) is 17.0 Å². The minimum absolute atomic E-state index is 0.0722. The summed E-state index contributed by atoms with van der Waals surface area (Å²) < 4.78 is 1.08. The molecule has 21 heavy (non-hydrogen) atoms. The summed E-state index contributed by atoms with van der Waals surface area (Å²) in [5, 5.41) is 9.46. The summed E-state index contributed by atoms with van der Waals surface area (Å²) in [7, 11) is 0.